The van der Waals surface area contributed by atoms with Crippen LogP contribution in [0.15, 0.2) is 24.5 Å². The van der Waals surface area contributed by atoms with Crippen LogP contribution in [0.2, 0.25) is 0 Å². The third-order valence-corrected chi connectivity index (χ3v) is 3.00. The highest BCUT2D eigenvalue weighted by Crippen LogP contribution is 2.38. The van der Waals surface area contributed by atoms with Crippen LogP contribution in [0.5, 0.6) is 0 Å². The van der Waals surface area contributed by atoms with Gasteiger partial charge in [0.2, 0.25) is 0 Å². The van der Waals surface area contributed by atoms with Crippen LogP contribution in [-0.2, 0) is 0 Å². The van der Waals surface area contributed by atoms with Gasteiger partial charge in [-0.3, -0.25) is 4.98 Å². The first-order valence-corrected chi connectivity index (χ1v) is 5.32. The zero-order valence-corrected chi connectivity index (χ0v) is 8.96. The summed E-state index contributed by atoms with van der Waals surface area (Å²) in [5.74, 6) is 0. The summed E-state index contributed by atoms with van der Waals surface area (Å²) >= 11 is 0. The molecule has 1 N–H and O–H groups in total. The molecule has 0 aliphatic heterocycles. The number of nitrogens with zero attached hydrogens (tertiary/aromatic N) is 1. The van der Waals surface area contributed by atoms with E-state index in [-0.39, 0.29) is 0 Å². The maximum Gasteiger partial charge on any atom is 0.0528 e. The van der Waals surface area contributed by atoms with Gasteiger partial charge in [-0.05, 0) is 36.8 Å². The van der Waals surface area contributed by atoms with Crippen molar-refractivity contribution in [1.82, 2.24) is 4.98 Å². The summed E-state index contributed by atoms with van der Waals surface area (Å²) in [4.78, 5) is 4.10. The van der Waals surface area contributed by atoms with Crippen molar-refractivity contribution < 1.29 is 0 Å². The van der Waals surface area contributed by atoms with Crippen molar-refractivity contribution in [2.45, 2.75) is 39.2 Å². The minimum Gasteiger partial charge on any atom is -0.381 e. The molecule has 0 spiro atoms. The van der Waals surface area contributed by atoms with Gasteiger partial charge in [0.05, 0.1) is 5.69 Å². The van der Waals surface area contributed by atoms with E-state index in [0.29, 0.717) is 11.5 Å². The third kappa shape index (κ3) is 2.25. The summed E-state index contributed by atoms with van der Waals surface area (Å²) in [5.41, 5.74) is 1.66. The van der Waals surface area contributed by atoms with Crippen molar-refractivity contribution in [3.8, 4) is 0 Å². The van der Waals surface area contributed by atoms with Gasteiger partial charge in [0.25, 0.3) is 0 Å². The highest BCUT2D eigenvalue weighted by Gasteiger charge is 2.30. The molecule has 2 rings (SSSR count). The number of nitrogens with one attached hydrogen (secondary N) is 1. The predicted molar refractivity (Wildman–Crippen MR) is 59.3 cm³/mol. The molecular formula is C12H18N2. The lowest BCUT2D eigenvalue weighted by atomic mass is 9.92. The molecule has 0 radical (unpaired) electrons. The molecule has 14 heavy (non-hydrogen) atoms. The first kappa shape index (κ1) is 9.50. The average molecular weight is 190 g/mol. The molecule has 1 aromatic rings. The fourth-order valence-electron chi connectivity index (χ4n) is 2.24. The number of rotatable bonds is 2. The van der Waals surface area contributed by atoms with E-state index < -0.39 is 0 Å². The molecule has 1 unspecified atom stereocenters. The first-order valence-electron chi connectivity index (χ1n) is 5.32. The Morgan fingerprint density at radius 3 is 2.93 bits per heavy atom. The fourth-order valence-corrected chi connectivity index (χ4v) is 2.24. The molecule has 2 heteroatoms. The van der Waals surface area contributed by atoms with Gasteiger partial charge in [-0.1, -0.05) is 13.8 Å². The van der Waals surface area contributed by atoms with Gasteiger partial charge in [-0.15, -0.1) is 0 Å². The van der Waals surface area contributed by atoms with Crippen LogP contribution in [0.4, 0.5) is 5.69 Å². The summed E-state index contributed by atoms with van der Waals surface area (Å²) < 4.78 is 0. The standard InChI is InChI=1S/C12H18N2/c1-12(2)6-5-10(8-12)14-11-4-3-7-13-9-11/h3-4,7,9-10,14H,5-6,8H2,1-2H3. The van der Waals surface area contributed by atoms with Crippen molar-refractivity contribution in [2.24, 2.45) is 5.41 Å². The Balaban J connectivity index is 1.94. The smallest absolute Gasteiger partial charge is 0.0528 e. The maximum absolute atomic E-state index is 4.10. The monoisotopic (exact) mass is 190 g/mol. The van der Waals surface area contributed by atoms with Crippen LogP contribution in [0.1, 0.15) is 33.1 Å². The number of hydrogen-bond donors (Lipinski definition) is 1. The van der Waals surface area contributed by atoms with E-state index in [0.717, 1.165) is 5.69 Å². The van der Waals surface area contributed by atoms with Crippen molar-refractivity contribution in [1.29, 1.82) is 0 Å². The molecule has 1 aromatic heterocycles. The van der Waals surface area contributed by atoms with Crippen LogP contribution < -0.4 is 5.32 Å². The van der Waals surface area contributed by atoms with Crippen LogP contribution in [-0.4, -0.2) is 11.0 Å². The molecule has 0 aromatic carbocycles. The van der Waals surface area contributed by atoms with Gasteiger partial charge < -0.3 is 5.32 Å². The Kier molecular flexibility index (Phi) is 2.44. The highest BCUT2D eigenvalue weighted by molar-refractivity contribution is 5.41. The second-order valence-corrected chi connectivity index (χ2v) is 4.99. The molecule has 1 atom stereocenters. The Hall–Kier alpha value is -1.05. The van der Waals surface area contributed by atoms with E-state index >= 15 is 0 Å². The van der Waals surface area contributed by atoms with Gasteiger partial charge in [0.15, 0.2) is 0 Å². The number of anilines is 1. The summed E-state index contributed by atoms with van der Waals surface area (Å²) in [7, 11) is 0. The first-order chi connectivity index (χ1) is 6.66. The van der Waals surface area contributed by atoms with E-state index in [9.17, 15) is 0 Å². The van der Waals surface area contributed by atoms with Crippen molar-refractivity contribution in [3.05, 3.63) is 24.5 Å². The molecule has 1 aliphatic carbocycles. The molecule has 1 aliphatic rings. The molecule has 2 nitrogen and oxygen atoms in total. The topological polar surface area (TPSA) is 24.9 Å². The molecule has 0 amide bonds. The van der Waals surface area contributed by atoms with E-state index in [2.05, 4.69) is 30.2 Å². The quantitative estimate of drug-likeness (QED) is 0.775. The summed E-state index contributed by atoms with van der Waals surface area (Å²) in [5, 5.41) is 3.53. The van der Waals surface area contributed by atoms with Gasteiger partial charge in [0.1, 0.15) is 0 Å². The molecule has 1 heterocycles. The molecule has 0 bridgehead atoms. The largest absolute Gasteiger partial charge is 0.381 e. The zero-order chi connectivity index (χ0) is 10.0. The van der Waals surface area contributed by atoms with Gasteiger partial charge in [-0.25, -0.2) is 0 Å². The summed E-state index contributed by atoms with van der Waals surface area (Å²) in [6.45, 7) is 4.69. The number of aromatic nitrogens is 1. The van der Waals surface area contributed by atoms with E-state index in [1.807, 2.05) is 18.5 Å². The average Bonchev–Trinajstić information content (AvgIpc) is 2.47. The van der Waals surface area contributed by atoms with Crippen molar-refractivity contribution in [2.75, 3.05) is 5.32 Å². The van der Waals surface area contributed by atoms with Crippen LogP contribution >= 0.6 is 0 Å². The zero-order valence-electron chi connectivity index (χ0n) is 8.96. The van der Waals surface area contributed by atoms with E-state index in [4.69, 9.17) is 0 Å². The van der Waals surface area contributed by atoms with Gasteiger partial charge in [0, 0.05) is 18.4 Å². The van der Waals surface area contributed by atoms with Gasteiger partial charge in [-0.2, -0.15) is 0 Å². The van der Waals surface area contributed by atoms with Crippen LogP contribution in [0, 0.1) is 5.41 Å². The maximum atomic E-state index is 4.10. The second-order valence-electron chi connectivity index (χ2n) is 4.99. The Labute approximate surface area is 85.7 Å². The normalized spacial score (nSPS) is 24.9. The SMILES string of the molecule is CC1(C)CCC(Nc2cccnc2)C1. The minimum atomic E-state index is 0.514. The lowest BCUT2D eigenvalue weighted by Gasteiger charge is -2.18. The van der Waals surface area contributed by atoms with E-state index in [1.165, 1.54) is 19.3 Å². The second kappa shape index (κ2) is 3.60. The predicted octanol–water partition coefficient (Wildman–Crippen LogP) is 3.07. The fraction of sp³-hybridized carbons (Fsp3) is 0.583. The molecular weight excluding hydrogens is 172 g/mol. The molecule has 76 valence electrons. The Morgan fingerprint density at radius 2 is 2.36 bits per heavy atom. The number of pyridine rings is 1. The van der Waals surface area contributed by atoms with Crippen LogP contribution in [0.25, 0.3) is 0 Å². The molecule has 0 saturated heterocycles. The molecule has 1 saturated carbocycles. The van der Waals surface area contributed by atoms with Crippen molar-refractivity contribution in [3.63, 3.8) is 0 Å². The Bertz CT molecular complexity index is 292. The lowest BCUT2D eigenvalue weighted by Crippen LogP contribution is -2.17. The molecule has 1 fully saturated rings. The lowest BCUT2D eigenvalue weighted by molar-refractivity contribution is 0.378. The summed E-state index contributed by atoms with van der Waals surface area (Å²) in [6.07, 6.45) is 7.57. The number of hydrogen-bond acceptors (Lipinski definition) is 2. The minimum absolute atomic E-state index is 0.514. The summed E-state index contributed by atoms with van der Waals surface area (Å²) in [6, 6.07) is 4.69. The Morgan fingerprint density at radius 1 is 1.50 bits per heavy atom. The van der Waals surface area contributed by atoms with Crippen LogP contribution in [0.3, 0.4) is 0 Å². The van der Waals surface area contributed by atoms with E-state index in [1.54, 1.807) is 0 Å². The van der Waals surface area contributed by atoms with Gasteiger partial charge >= 0.3 is 0 Å². The highest BCUT2D eigenvalue weighted by atomic mass is 14.9. The van der Waals surface area contributed by atoms with Crippen molar-refractivity contribution >= 4 is 5.69 Å². The third-order valence-electron chi connectivity index (χ3n) is 3.00.